The predicted molar refractivity (Wildman–Crippen MR) is 178 cm³/mol. The molecule has 0 rings (SSSR count). The summed E-state index contributed by atoms with van der Waals surface area (Å²) in [7, 11) is -20.9. The van der Waals surface area contributed by atoms with Gasteiger partial charge in [0, 0.05) is 39.5 Å². The molecule has 29 heteroatoms. The molecule has 10 nitrogen and oxygen atoms in total. The van der Waals surface area contributed by atoms with Gasteiger partial charge in [-0.1, -0.05) is 0 Å². The molecule has 0 bridgehead atoms. The van der Waals surface area contributed by atoms with Crippen LogP contribution in [0.3, 0.4) is 0 Å². The van der Waals surface area contributed by atoms with Crippen LogP contribution in [0.15, 0.2) is 0 Å². The van der Waals surface area contributed by atoms with Gasteiger partial charge in [-0.3, -0.25) is 0 Å². The van der Waals surface area contributed by atoms with E-state index in [1.165, 1.54) is 42.6 Å². The third kappa shape index (κ3) is 63.6. The summed E-state index contributed by atoms with van der Waals surface area (Å²) in [4.78, 5) is 8.00. The van der Waals surface area contributed by atoms with Gasteiger partial charge in [0.15, 0.2) is 30.4 Å². The van der Waals surface area contributed by atoms with Gasteiger partial charge in [-0.25, -0.2) is 25.3 Å². The number of halogens is 11. The molecule has 0 amide bonds. The number of carbonyl (C=O) groups is 1. The van der Waals surface area contributed by atoms with Crippen molar-refractivity contribution in [3.63, 3.8) is 0 Å². The molecule has 50 heavy (non-hydrogen) atoms. The van der Waals surface area contributed by atoms with E-state index in [0.29, 0.717) is 0 Å². The molecule has 0 spiro atoms. The first-order valence-electron chi connectivity index (χ1n) is 12.8. The number of rotatable bonds is 6. The van der Waals surface area contributed by atoms with Crippen LogP contribution in [0.4, 0.5) is 47.9 Å². The summed E-state index contributed by atoms with van der Waals surface area (Å²) in [6.45, 7) is 22.8. The Kier molecular flexibility index (Phi) is 54.4. The molecule has 0 saturated heterocycles. The predicted octanol–water partition coefficient (Wildman–Crippen LogP) is 7.41. The van der Waals surface area contributed by atoms with Gasteiger partial charge < -0.3 is 18.5 Å². The Morgan fingerprint density at radius 2 is 0.620 bits per heavy atom. The molecule has 0 aliphatic heterocycles. The van der Waals surface area contributed by atoms with Gasteiger partial charge in [-0.15, -0.1) is 6.42 Å². The fraction of sp³-hybridized carbons (Fsp3) is 0.857. The zero-order chi connectivity index (χ0) is 42.3. The van der Waals surface area contributed by atoms with Crippen molar-refractivity contribution in [3.8, 4) is 12.1 Å². The summed E-state index contributed by atoms with van der Waals surface area (Å²) in [6, 6.07) is 0. The minimum absolute atomic E-state index is 0. The van der Waals surface area contributed by atoms with Crippen molar-refractivity contribution in [1.82, 2.24) is 0 Å². The Balaban J connectivity index is -0.0000000557. The van der Waals surface area contributed by atoms with Crippen LogP contribution < -0.4 is 0 Å². The van der Waals surface area contributed by atoms with Gasteiger partial charge in [0.25, 0.3) is 0 Å². The maximum Gasteiger partial charge on any atom is 0.485 e. The Hall–Kier alpha value is 0.533. The van der Waals surface area contributed by atoms with Gasteiger partial charge in [0.1, 0.15) is 6.79 Å². The fourth-order valence-corrected chi connectivity index (χ4v) is 2.25. The molecule has 0 aromatic carbocycles. The zero-order valence-corrected chi connectivity index (χ0v) is 36.3. The minimum Gasteiger partial charge on any atom is -0.741 e. The first-order valence-corrected chi connectivity index (χ1v) is 25.4. The number of terminal acetylenes is 1. The maximum atomic E-state index is 10.7. The van der Waals surface area contributed by atoms with Gasteiger partial charge >= 0.3 is 25.1 Å². The van der Waals surface area contributed by atoms with E-state index in [4.69, 9.17) is 43.7 Å². The molecule has 0 saturated carbocycles. The number of carbonyl (C=O) groups excluding carboxylic acids is 1. The summed E-state index contributed by atoms with van der Waals surface area (Å²) >= 11 is 0. The second-order valence-electron chi connectivity index (χ2n) is 8.05. The quantitative estimate of drug-likeness (QED) is 0.0648. The SMILES string of the molecule is C#CP(F)F.C=O.CC[PH+](C)CC.CC[PH+](C)CC.CC[PH+](C)CC.O=S(=O)([O-])C(F)(F)F.O=S(=O)([O-])C(F)(F)F.O=S(=O)([O-])C(F)(F)F.[Rh]. The van der Waals surface area contributed by atoms with Crippen molar-refractivity contribution in [2.75, 3.05) is 57.0 Å². The average Bonchev–Trinajstić information content (AvgIpc) is 2.95. The Bertz CT molecular complexity index is 989. The van der Waals surface area contributed by atoms with Crippen molar-refractivity contribution in [2.45, 2.75) is 58.1 Å². The van der Waals surface area contributed by atoms with Crippen LogP contribution in [0.2, 0.25) is 0 Å². The van der Waals surface area contributed by atoms with Gasteiger partial charge in [-0.05, 0) is 71.0 Å². The van der Waals surface area contributed by atoms with Crippen LogP contribution in [-0.2, 0) is 54.6 Å². The normalized spacial score (nSPS) is 11.2. The maximum absolute atomic E-state index is 10.7. The van der Waals surface area contributed by atoms with Crippen LogP contribution >= 0.6 is 32.3 Å². The van der Waals surface area contributed by atoms with Crippen molar-refractivity contribution in [1.29, 1.82) is 0 Å². The zero-order valence-electron chi connectivity index (χ0n) is 28.3. The van der Waals surface area contributed by atoms with Crippen LogP contribution in [0, 0.1) is 12.1 Å². The molecule has 0 aromatic rings. The standard InChI is InChI=1S/3C5H13P.C2HF2P.3CHF3O3S.CH2O.Rh/c3*1-4-6(3)5-2;1-2-5(3)4;3*2-1(3,4)8(5,6)7;1-2;/h3*4-5H2,1-3H3;1H;3*(H,5,6,7);1H2;. The molecule has 0 aliphatic carbocycles. The van der Waals surface area contributed by atoms with E-state index in [2.05, 4.69) is 68.0 Å². The van der Waals surface area contributed by atoms with E-state index in [-0.39, 0.29) is 43.2 Å². The molecule has 0 atom stereocenters. The summed E-state index contributed by atoms with van der Waals surface area (Å²) in [6.07, 6.45) is 12.8. The minimum atomic E-state index is -6.09. The van der Waals surface area contributed by atoms with Crippen LogP contribution in [-0.4, -0.2) is 119 Å². The average molecular weight is 990 g/mol. The Labute approximate surface area is 306 Å². The van der Waals surface area contributed by atoms with Gasteiger partial charge in [-0.2, -0.15) is 47.9 Å². The molecule has 0 unspecified atom stereocenters. The van der Waals surface area contributed by atoms with Crippen LogP contribution in [0.5, 0.6) is 0 Å². The summed E-state index contributed by atoms with van der Waals surface area (Å²) in [5.74, 6) is 0. The van der Waals surface area contributed by atoms with E-state index < -0.39 is 55.4 Å². The van der Waals surface area contributed by atoms with E-state index in [0.717, 1.165) is 0 Å². The largest absolute Gasteiger partial charge is 0.741 e. The first kappa shape index (κ1) is 71.9. The molecule has 313 valence electrons. The third-order valence-electron chi connectivity index (χ3n) is 4.57. The molecular weight excluding hydrogens is 944 g/mol. The van der Waals surface area contributed by atoms with Crippen molar-refractivity contribution < 1.29 is 111 Å². The molecule has 0 heterocycles. The second-order valence-corrected chi connectivity index (χ2v) is 22.9. The molecule has 1 radical (unpaired) electrons. The molecule has 0 fully saturated rings. The summed E-state index contributed by atoms with van der Waals surface area (Å²) in [5.41, 5.74) is -15.7. The van der Waals surface area contributed by atoms with Crippen molar-refractivity contribution >= 4 is 69.5 Å². The monoisotopic (exact) mass is 989 g/mol. The smallest absolute Gasteiger partial charge is 0.485 e. The number of alkyl halides is 9. The van der Waals surface area contributed by atoms with E-state index in [1.807, 2.05) is 6.79 Å². The Morgan fingerprint density at radius 1 is 0.540 bits per heavy atom. The molecule has 0 N–H and O–H groups in total. The van der Waals surface area contributed by atoms with E-state index >= 15 is 0 Å². The molecular formula is C21H45F11O10P4RhS3. The van der Waals surface area contributed by atoms with E-state index in [9.17, 15) is 47.9 Å². The van der Waals surface area contributed by atoms with Crippen LogP contribution in [0.25, 0.3) is 0 Å². The molecule has 0 aliphatic rings. The topological polar surface area (TPSA) is 189 Å². The fourth-order valence-electron chi connectivity index (χ4n) is 0.750. The van der Waals surface area contributed by atoms with Gasteiger partial charge in [0.05, 0.1) is 37.0 Å². The van der Waals surface area contributed by atoms with Crippen molar-refractivity contribution in [3.05, 3.63) is 0 Å². The second kappa shape index (κ2) is 37.8. The van der Waals surface area contributed by atoms with E-state index in [1.54, 1.807) is 0 Å². The van der Waals surface area contributed by atoms with Crippen LogP contribution in [0.1, 0.15) is 41.5 Å². The van der Waals surface area contributed by atoms with Crippen molar-refractivity contribution in [2.24, 2.45) is 0 Å². The Morgan fingerprint density at radius 3 is 0.620 bits per heavy atom. The molecule has 0 aromatic heterocycles. The number of hydrogen-bond acceptors (Lipinski definition) is 10. The first-order chi connectivity index (χ1) is 21.4. The summed E-state index contributed by atoms with van der Waals surface area (Å²) < 4.78 is 198. The third-order valence-corrected chi connectivity index (χ3v) is 13.7. The number of hydrogen-bond donors (Lipinski definition) is 0. The summed E-state index contributed by atoms with van der Waals surface area (Å²) in [5, 5.41) is 0. The van der Waals surface area contributed by atoms with Gasteiger partial charge in [0.2, 0.25) is 0 Å².